The number of hydrogen-bond donors (Lipinski definition) is 2. The van der Waals surface area contributed by atoms with Crippen LogP contribution in [0.5, 0.6) is 0 Å². The molecule has 1 heterocycles. The van der Waals surface area contributed by atoms with Crippen LogP contribution >= 0.6 is 18.9 Å². The number of anilines is 1. The Hall–Kier alpha value is -3.62. The third-order valence-corrected chi connectivity index (χ3v) is 8.77. The normalized spacial score (nSPS) is 12.3. The smallest absolute Gasteiger partial charge is 0.348 e. The summed E-state index contributed by atoms with van der Waals surface area (Å²) in [7, 11) is -2.19. The second-order valence-electron chi connectivity index (χ2n) is 7.99. The van der Waals surface area contributed by atoms with Gasteiger partial charge < -0.3 is 14.7 Å². The number of hydrogen-bond acceptors (Lipinski definition) is 4. The first kappa shape index (κ1) is 24.5. The molecule has 0 saturated heterocycles. The van der Waals surface area contributed by atoms with Crippen molar-refractivity contribution in [3.05, 3.63) is 106 Å². The molecule has 2 N–H and O–H groups in total. The second kappa shape index (κ2) is 10.3. The quantitative estimate of drug-likeness (QED) is 0.227. The fourth-order valence-corrected chi connectivity index (χ4v) is 6.39. The number of carboxylic acids is 1. The van der Waals surface area contributed by atoms with E-state index in [4.69, 9.17) is 4.52 Å². The van der Waals surface area contributed by atoms with Gasteiger partial charge in [-0.1, -0.05) is 59.9 Å². The molecule has 0 radical (unpaired) electrons. The van der Waals surface area contributed by atoms with Gasteiger partial charge in [-0.15, -0.1) is 11.3 Å². The third kappa shape index (κ3) is 5.55. The van der Waals surface area contributed by atoms with E-state index in [1.54, 1.807) is 12.1 Å². The summed E-state index contributed by atoms with van der Waals surface area (Å²) in [6.07, 6.45) is 0. The topological polar surface area (TPSA) is 75.6 Å². The van der Waals surface area contributed by atoms with Crippen LogP contribution in [-0.2, 0) is 9.09 Å². The van der Waals surface area contributed by atoms with Gasteiger partial charge in [-0.25, -0.2) is 4.79 Å². The van der Waals surface area contributed by atoms with Crippen LogP contribution in [-0.4, -0.2) is 18.2 Å². The lowest BCUT2D eigenvalue weighted by molar-refractivity contribution is 0.0703. The largest absolute Gasteiger partial charge is 0.477 e. The van der Waals surface area contributed by atoms with E-state index in [-0.39, 0.29) is 10.6 Å². The van der Waals surface area contributed by atoms with Crippen LogP contribution in [0.15, 0.2) is 78.9 Å². The molecule has 0 aliphatic rings. The van der Waals surface area contributed by atoms with Crippen molar-refractivity contribution in [3.8, 4) is 22.3 Å². The Labute approximate surface area is 208 Å². The third-order valence-electron chi connectivity index (χ3n) is 5.41. The molecule has 7 heteroatoms. The molecule has 4 aromatic rings. The lowest BCUT2D eigenvalue weighted by Gasteiger charge is -2.20. The highest BCUT2D eigenvalue weighted by atomic mass is 32.1. The molecule has 0 saturated carbocycles. The summed E-state index contributed by atoms with van der Waals surface area (Å²) in [4.78, 5) is 12.8. The van der Waals surface area contributed by atoms with E-state index in [9.17, 15) is 14.5 Å². The maximum atomic E-state index is 13.7. The number of aryl methyl sites for hydroxylation is 2. The van der Waals surface area contributed by atoms with E-state index in [0.717, 1.165) is 44.0 Å². The lowest BCUT2D eigenvalue weighted by Crippen LogP contribution is -2.17. The van der Waals surface area contributed by atoms with Crippen LogP contribution in [0.25, 0.3) is 10.4 Å². The fraction of sp³-hybridized carbons (Fsp3) is 0.107. The number of aromatic carboxylic acids is 1. The van der Waals surface area contributed by atoms with Gasteiger partial charge in [-0.3, -0.25) is 4.57 Å². The molecule has 1 atom stereocenters. The first-order chi connectivity index (χ1) is 16.8. The standard InChI is InChI=1S/C28H24NO4PS/c1-19-9-16-25(20(2)17-19)34(32,33-3)29-24-18-26(35-27(24)28(30)31)23-14-12-22(13-15-23)11-10-21-7-5-4-6-8-21/h4-9,12-18H,1-3H3,(H,29,32)(H,30,31). The van der Waals surface area contributed by atoms with E-state index in [0.29, 0.717) is 5.30 Å². The van der Waals surface area contributed by atoms with Gasteiger partial charge in [-0.05, 0) is 61.4 Å². The molecule has 0 aliphatic carbocycles. The minimum atomic E-state index is -3.55. The number of nitrogens with one attached hydrogen (secondary N) is 1. The first-order valence-corrected chi connectivity index (χ1v) is 13.3. The fourth-order valence-electron chi connectivity index (χ4n) is 3.66. The maximum absolute atomic E-state index is 13.7. The molecule has 5 nitrogen and oxygen atoms in total. The van der Waals surface area contributed by atoms with Gasteiger partial charge in [-0.2, -0.15) is 0 Å². The van der Waals surface area contributed by atoms with E-state index < -0.39 is 13.5 Å². The summed E-state index contributed by atoms with van der Waals surface area (Å²) in [5, 5.41) is 13.2. The SMILES string of the molecule is COP(=O)(Nc1cc(-c2ccc(C#Cc3ccccc3)cc2)sc1C(=O)O)c1ccc(C)cc1C. The number of carboxylic acid groups (broad SMARTS) is 1. The summed E-state index contributed by atoms with van der Waals surface area (Å²) in [6.45, 7) is 3.81. The van der Waals surface area contributed by atoms with Crippen molar-refractivity contribution in [2.45, 2.75) is 13.8 Å². The molecular formula is C28H24NO4PS. The average Bonchev–Trinajstić information content (AvgIpc) is 3.27. The molecule has 1 aromatic heterocycles. The Balaban J connectivity index is 1.64. The zero-order chi connectivity index (χ0) is 25.0. The zero-order valence-electron chi connectivity index (χ0n) is 19.5. The van der Waals surface area contributed by atoms with Crippen molar-refractivity contribution in [1.82, 2.24) is 0 Å². The van der Waals surface area contributed by atoms with E-state index in [1.165, 1.54) is 7.11 Å². The monoisotopic (exact) mass is 501 g/mol. The predicted molar refractivity (Wildman–Crippen MR) is 143 cm³/mol. The van der Waals surface area contributed by atoms with Crippen LogP contribution in [0.3, 0.4) is 0 Å². The van der Waals surface area contributed by atoms with Crippen molar-refractivity contribution in [2.75, 3.05) is 12.2 Å². The van der Waals surface area contributed by atoms with Crippen LogP contribution in [0, 0.1) is 25.7 Å². The van der Waals surface area contributed by atoms with Gasteiger partial charge in [0.1, 0.15) is 4.88 Å². The van der Waals surface area contributed by atoms with Crippen molar-refractivity contribution in [1.29, 1.82) is 0 Å². The maximum Gasteiger partial charge on any atom is 0.348 e. The molecule has 1 unspecified atom stereocenters. The number of carbonyl (C=O) groups is 1. The molecule has 3 aromatic carbocycles. The van der Waals surface area contributed by atoms with E-state index in [1.807, 2.05) is 80.6 Å². The number of rotatable bonds is 6. The molecule has 0 bridgehead atoms. The van der Waals surface area contributed by atoms with Gasteiger partial charge in [0.25, 0.3) is 0 Å². The van der Waals surface area contributed by atoms with Gasteiger partial charge in [0.05, 0.1) is 11.0 Å². The molecule has 4 rings (SSSR count). The summed E-state index contributed by atoms with van der Waals surface area (Å²) in [6, 6.07) is 24.6. The number of benzene rings is 3. The van der Waals surface area contributed by atoms with E-state index >= 15 is 0 Å². The Bertz CT molecular complexity index is 1480. The van der Waals surface area contributed by atoms with Gasteiger partial charge in [0.15, 0.2) is 0 Å². The summed E-state index contributed by atoms with van der Waals surface area (Å²) < 4.78 is 19.1. The molecule has 0 spiro atoms. The summed E-state index contributed by atoms with van der Waals surface area (Å²) >= 11 is 1.12. The lowest BCUT2D eigenvalue weighted by atomic mass is 10.1. The van der Waals surface area contributed by atoms with Gasteiger partial charge in [0, 0.05) is 23.1 Å². The second-order valence-corrected chi connectivity index (χ2v) is 11.2. The first-order valence-electron chi connectivity index (χ1n) is 10.9. The summed E-state index contributed by atoms with van der Waals surface area (Å²) in [5.41, 5.74) is 4.73. The van der Waals surface area contributed by atoms with Crippen LogP contribution in [0.4, 0.5) is 5.69 Å². The predicted octanol–water partition coefficient (Wildman–Crippen LogP) is 6.71. The minimum absolute atomic E-state index is 0.0648. The van der Waals surface area contributed by atoms with Crippen molar-refractivity contribution in [2.24, 2.45) is 0 Å². The highest BCUT2D eigenvalue weighted by molar-refractivity contribution is 7.68. The van der Waals surface area contributed by atoms with Crippen molar-refractivity contribution >= 4 is 35.8 Å². The molecular weight excluding hydrogens is 477 g/mol. The zero-order valence-corrected chi connectivity index (χ0v) is 21.2. The van der Waals surface area contributed by atoms with Gasteiger partial charge in [0.2, 0.25) is 0 Å². The Morgan fingerprint density at radius 2 is 1.60 bits per heavy atom. The number of thiophene rings is 1. The van der Waals surface area contributed by atoms with Crippen LogP contribution in [0.2, 0.25) is 0 Å². The van der Waals surface area contributed by atoms with Gasteiger partial charge >= 0.3 is 13.5 Å². The minimum Gasteiger partial charge on any atom is -0.477 e. The Kier molecular flexibility index (Phi) is 7.23. The molecule has 0 amide bonds. The highest BCUT2D eigenvalue weighted by Crippen LogP contribution is 2.48. The Morgan fingerprint density at radius 3 is 2.20 bits per heavy atom. The van der Waals surface area contributed by atoms with Crippen LogP contribution in [0.1, 0.15) is 31.9 Å². The highest BCUT2D eigenvalue weighted by Gasteiger charge is 2.30. The van der Waals surface area contributed by atoms with Crippen molar-refractivity contribution < 1.29 is 19.0 Å². The summed E-state index contributed by atoms with van der Waals surface area (Å²) in [5.74, 6) is 5.16. The molecule has 176 valence electrons. The van der Waals surface area contributed by atoms with Crippen LogP contribution < -0.4 is 10.4 Å². The molecule has 35 heavy (non-hydrogen) atoms. The molecule has 0 aliphatic heterocycles. The average molecular weight is 502 g/mol. The van der Waals surface area contributed by atoms with E-state index in [2.05, 4.69) is 16.9 Å². The Morgan fingerprint density at radius 1 is 0.943 bits per heavy atom. The molecule has 0 fully saturated rings. The van der Waals surface area contributed by atoms with Crippen molar-refractivity contribution in [3.63, 3.8) is 0 Å².